The molecule has 0 saturated carbocycles. The molecule has 1 aromatic carbocycles. The molecule has 1 saturated heterocycles. The van der Waals surface area contributed by atoms with Crippen molar-refractivity contribution in [2.75, 3.05) is 20.1 Å². The van der Waals surface area contributed by atoms with Gasteiger partial charge in [-0.2, -0.15) is 0 Å². The van der Waals surface area contributed by atoms with Gasteiger partial charge < -0.3 is 23.5 Å². The molecule has 8 nitrogen and oxygen atoms in total. The van der Waals surface area contributed by atoms with Gasteiger partial charge in [-0.25, -0.2) is 9.78 Å². The second kappa shape index (κ2) is 9.25. The van der Waals surface area contributed by atoms with Crippen molar-refractivity contribution in [3.05, 3.63) is 60.2 Å². The third kappa shape index (κ3) is 4.68. The first-order chi connectivity index (χ1) is 17.5. The number of pyridine rings is 1. The Morgan fingerprint density at radius 1 is 1.05 bits per heavy atom. The van der Waals surface area contributed by atoms with Crippen molar-refractivity contribution in [1.82, 2.24) is 23.8 Å². The molecular weight excluding hydrogens is 466 g/mol. The molecule has 4 heterocycles. The van der Waals surface area contributed by atoms with Crippen LogP contribution in [-0.2, 0) is 11.8 Å². The molecule has 0 radical (unpaired) electrons. The van der Waals surface area contributed by atoms with Crippen LogP contribution in [-0.4, -0.2) is 67.5 Å². The van der Waals surface area contributed by atoms with Gasteiger partial charge >= 0.3 is 6.09 Å². The molecule has 1 fully saturated rings. The summed E-state index contributed by atoms with van der Waals surface area (Å²) in [7, 11) is 3.78. The predicted molar refractivity (Wildman–Crippen MR) is 145 cm³/mol. The zero-order valence-corrected chi connectivity index (χ0v) is 22.5. The van der Waals surface area contributed by atoms with E-state index in [1.807, 2.05) is 72.4 Å². The molecule has 1 aliphatic heterocycles. The number of amides is 2. The van der Waals surface area contributed by atoms with E-state index in [4.69, 9.17) is 4.74 Å². The van der Waals surface area contributed by atoms with Crippen LogP contribution in [0.3, 0.4) is 0 Å². The second-order valence-electron chi connectivity index (χ2n) is 11.0. The third-order valence-electron chi connectivity index (χ3n) is 7.25. The molecular formula is C29H35N5O3. The number of aryl methyl sites for hydroxylation is 2. The van der Waals surface area contributed by atoms with Gasteiger partial charge in [0.2, 0.25) is 0 Å². The Bertz CT molecular complexity index is 1480. The number of carbonyl (C=O) groups excluding carboxylic acids is 2. The van der Waals surface area contributed by atoms with Crippen molar-refractivity contribution in [2.24, 2.45) is 7.05 Å². The van der Waals surface area contributed by atoms with E-state index < -0.39 is 5.60 Å². The molecule has 8 heteroatoms. The summed E-state index contributed by atoms with van der Waals surface area (Å²) in [4.78, 5) is 34.1. The van der Waals surface area contributed by atoms with Crippen LogP contribution in [0.1, 0.15) is 49.7 Å². The molecule has 0 unspecified atom stereocenters. The number of carbonyl (C=O) groups is 2. The smallest absolute Gasteiger partial charge is 0.410 e. The van der Waals surface area contributed by atoms with Crippen molar-refractivity contribution in [1.29, 1.82) is 0 Å². The van der Waals surface area contributed by atoms with Crippen LogP contribution < -0.4 is 0 Å². The van der Waals surface area contributed by atoms with Crippen molar-refractivity contribution >= 4 is 28.6 Å². The maximum absolute atomic E-state index is 13.6. The number of hydrogen-bond acceptors (Lipinski definition) is 4. The highest BCUT2D eigenvalue weighted by atomic mass is 16.6. The van der Waals surface area contributed by atoms with E-state index in [1.165, 1.54) is 0 Å². The van der Waals surface area contributed by atoms with Crippen LogP contribution in [0.15, 0.2) is 48.9 Å². The van der Waals surface area contributed by atoms with E-state index >= 15 is 0 Å². The van der Waals surface area contributed by atoms with Crippen LogP contribution in [0.5, 0.6) is 0 Å². The third-order valence-corrected chi connectivity index (χ3v) is 7.25. The van der Waals surface area contributed by atoms with Gasteiger partial charge in [-0.3, -0.25) is 4.79 Å². The minimum atomic E-state index is -0.529. The summed E-state index contributed by atoms with van der Waals surface area (Å²) in [6.45, 7) is 8.90. The fraction of sp³-hybridized carbons (Fsp3) is 0.414. The van der Waals surface area contributed by atoms with E-state index in [9.17, 15) is 9.59 Å². The van der Waals surface area contributed by atoms with Crippen LogP contribution in [0.4, 0.5) is 4.79 Å². The lowest BCUT2D eigenvalue weighted by molar-refractivity contribution is 0.0155. The molecule has 2 amide bonds. The predicted octanol–water partition coefficient (Wildman–Crippen LogP) is 5.27. The average molecular weight is 502 g/mol. The van der Waals surface area contributed by atoms with E-state index in [1.54, 1.807) is 11.9 Å². The Balaban J connectivity index is 1.36. The number of fused-ring (bicyclic) bond motifs is 2. The fourth-order valence-corrected chi connectivity index (χ4v) is 5.21. The summed E-state index contributed by atoms with van der Waals surface area (Å²) in [5.74, 6) is 0.00687. The number of rotatable bonds is 3. The Labute approximate surface area is 217 Å². The number of hydrogen-bond donors (Lipinski definition) is 0. The van der Waals surface area contributed by atoms with Gasteiger partial charge in [-0.15, -0.1) is 0 Å². The van der Waals surface area contributed by atoms with Crippen molar-refractivity contribution < 1.29 is 14.3 Å². The molecule has 5 rings (SSSR count). The van der Waals surface area contributed by atoms with Crippen LogP contribution >= 0.6 is 0 Å². The first-order valence-corrected chi connectivity index (χ1v) is 12.8. The van der Waals surface area contributed by atoms with Gasteiger partial charge in [0.1, 0.15) is 11.3 Å². The number of aromatic nitrogens is 3. The quantitative estimate of drug-likeness (QED) is 0.383. The highest BCUT2D eigenvalue weighted by Gasteiger charge is 2.31. The lowest BCUT2D eigenvalue weighted by Crippen LogP contribution is -2.48. The monoisotopic (exact) mass is 501 g/mol. The minimum absolute atomic E-state index is 0.00687. The van der Waals surface area contributed by atoms with Gasteiger partial charge in [-0.05, 0) is 82.0 Å². The zero-order valence-electron chi connectivity index (χ0n) is 22.5. The number of nitrogens with zero attached hydrogens (tertiary/aromatic N) is 5. The van der Waals surface area contributed by atoms with Crippen molar-refractivity contribution in [2.45, 2.75) is 52.2 Å². The average Bonchev–Trinajstić information content (AvgIpc) is 3.45. The largest absolute Gasteiger partial charge is 0.444 e. The fourth-order valence-electron chi connectivity index (χ4n) is 5.21. The normalized spacial score (nSPS) is 14.9. The van der Waals surface area contributed by atoms with Crippen molar-refractivity contribution in [3.63, 3.8) is 0 Å². The molecule has 37 heavy (non-hydrogen) atoms. The summed E-state index contributed by atoms with van der Waals surface area (Å²) in [6, 6.07) is 12.4. The number of likely N-dealkylation sites (tertiary alicyclic amines) is 1. The maximum atomic E-state index is 13.6. The molecule has 3 aromatic heterocycles. The summed E-state index contributed by atoms with van der Waals surface area (Å²) < 4.78 is 9.52. The van der Waals surface area contributed by atoms with E-state index in [2.05, 4.69) is 30.1 Å². The Hall–Kier alpha value is -3.81. The summed E-state index contributed by atoms with van der Waals surface area (Å²) >= 11 is 0. The molecule has 1 aliphatic rings. The van der Waals surface area contributed by atoms with Gasteiger partial charge in [-0.1, -0.05) is 6.07 Å². The molecule has 0 bridgehead atoms. The van der Waals surface area contributed by atoms with Gasteiger partial charge in [0, 0.05) is 45.0 Å². The standard InChI is InChI=1S/C29H35N5O3/c1-19-16-26-23(30-18-31(26)5)17-22(19)21-8-7-13-34-24(21)9-10-25(34)27(35)33-14-11-20(12-15-33)32(6)28(36)37-29(2,3)4/h7-10,13,16-18,20H,11-12,14-15H2,1-6H3. The van der Waals surface area contributed by atoms with Crippen molar-refractivity contribution in [3.8, 4) is 11.1 Å². The lowest BCUT2D eigenvalue weighted by atomic mass is 9.99. The number of ether oxygens (including phenoxy) is 1. The van der Waals surface area contributed by atoms with E-state index in [0.717, 1.165) is 46.1 Å². The number of piperidine rings is 1. The van der Waals surface area contributed by atoms with Crippen LogP contribution in [0.2, 0.25) is 0 Å². The summed E-state index contributed by atoms with van der Waals surface area (Å²) in [5, 5.41) is 0. The molecule has 194 valence electrons. The summed E-state index contributed by atoms with van der Waals surface area (Å²) in [5.41, 5.74) is 6.50. The molecule has 0 spiro atoms. The SMILES string of the molecule is Cc1cc2c(cc1-c1cccn3c(C(=O)N4CCC(N(C)C(=O)OC(C)(C)C)CC4)ccc13)ncn2C. The first kappa shape index (κ1) is 24.9. The van der Waals surface area contributed by atoms with Crippen LogP contribution in [0, 0.1) is 6.92 Å². The number of benzene rings is 1. The molecule has 0 atom stereocenters. The van der Waals surface area contributed by atoms with Gasteiger partial charge in [0.05, 0.1) is 22.9 Å². The Morgan fingerprint density at radius 2 is 1.78 bits per heavy atom. The summed E-state index contributed by atoms with van der Waals surface area (Å²) in [6.07, 6.45) is 4.90. The maximum Gasteiger partial charge on any atom is 0.410 e. The topological polar surface area (TPSA) is 72.1 Å². The molecule has 0 N–H and O–H groups in total. The lowest BCUT2D eigenvalue weighted by Gasteiger charge is -2.37. The first-order valence-electron chi connectivity index (χ1n) is 12.8. The van der Waals surface area contributed by atoms with Gasteiger partial charge in [0.15, 0.2) is 0 Å². The Morgan fingerprint density at radius 3 is 2.49 bits per heavy atom. The molecule has 0 aliphatic carbocycles. The highest BCUT2D eigenvalue weighted by molar-refractivity contribution is 5.96. The number of imidazole rings is 1. The van der Waals surface area contributed by atoms with Gasteiger partial charge in [0.25, 0.3) is 5.91 Å². The highest BCUT2D eigenvalue weighted by Crippen LogP contribution is 2.32. The van der Waals surface area contributed by atoms with Crippen LogP contribution in [0.25, 0.3) is 27.7 Å². The second-order valence-corrected chi connectivity index (χ2v) is 11.0. The Kier molecular flexibility index (Phi) is 6.22. The zero-order chi connectivity index (χ0) is 26.5. The van der Waals surface area contributed by atoms with E-state index in [0.29, 0.717) is 18.8 Å². The molecule has 4 aromatic rings. The van der Waals surface area contributed by atoms with E-state index in [-0.39, 0.29) is 18.0 Å². The minimum Gasteiger partial charge on any atom is -0.444 e.